The van der Waals surface area contributed by atoms with Crippen molar-refractivity contribution in [2.45, 2.75) is 41.5 Å². The molecule has 272 valence electrons. The van der Waals surface area contributed by atoms with Gasteiger partial charge in [0.05, 0.1) is 45.6 Å². The number of nitrogens with zero attached hydrogens (tertiary/aromatic N) is 4. The normalized spacial score (nSPS) is 17.1. The van der Waals surface area contributed by atoms with Gasteiger partial charge in [-0.25, -0.2) is 20.0 Å². The molecule has 0 aromatic heterocycles. The van der Waals surface area contributed by atoms with Crippen LogP contribution in [0.1, 0.15) is 55.6 Å². The van der Waals surface area contributed by atoms with Gasteiger partial charge in [0.25, 0.3) is 0 Å². The summed E-state index contributed by atoms with van der Waals surface area (Å²) in [5.74, 6) is 0. The van der Waals surface area contributed by atoms with E-state index in [4.69, 9.17) is 20.0 Å². The molecule has 9 rings (SSSR count). The van der Waals surface area contributed by atoms with Crippen LogP contribution in [0, 0.1) is 41.5 Å². The van der Waals surface area contributed by atoms with Crippen molar-refractivity contribution in [2.24, 2.45) is 20.0 Å². The zero-order chi connectivity index (χ0) is 38.8. The second-order valence-corrected chi connectivity index (χ2v) is 16.8. The number of aryl methyl sites for hydroxylation is 6. The van der Waals surface area contributed by atoms with Crippen LogP contribution in [0.25, 0.3) is 22.3 Å². The van der Waals surface area contributed by atoms with Gasteiger partial charge >= 0.3 is 0 Å². The van der Waals surface area contributed by atoms with Crippen LogP contribution in [0.3, 0.4) is 0 Å². The van der Waals surface area contributed by atoms with E-state index in [1.165, 1.54) is 33.4 Å². The number of rotatable bonds is 4. The Bertz CT molecular complexity index is 2580. The first-order valence-electron chi connectivity index (χ1n) is 18.8. The molecule has 0 N–H and O–H groups in total. The van der Waals surface area contributed by atoms with Crippen LogP contribution in [-0.2, 0) is 0 Å². The highest BCUT2D eigenvalue weighted by Crippen LogP contribution is 2.41. The molecule has 0 radical (unpaired) electrons. The molecule has 4 aromatic rings. The third-order valence-corrected chi connectivity index (χ3v) is 11.8. The lowest BCUT2D eigenvalue weighted by molar-refractivity contribution is 1.28. The SMILES string of the molecule is Cc1cc(C)c(C2=C3C=CC(=N3)C(c3ccc(Br)cc3)=C3C=CC(=N3)C(c3c(C)cc(C)cc3C)=C3C=CC(=N3)C(c3ccc(Br)cc3)=C3C=CC2=N3)c(C)c1. The fourth-order valence-corrected chi connectivity index (χ4v) is 9.10. The molecule has 0 unspecified atom stereocenters. The lowest BCUT2D eigenvalue weighted by Gasteiger charge is -2.17. The summed E-state index contributed by atoms with van der Waals surface area (Å²) in [6.07, 6.45) is 17.1. The maximum Gasteiger partial charge on any atom is 0.0738 e. The second kappa shape index (κ2) is 14.2. The average molecular weight is 855 g/mol. The molecule has 5 heterocycles. The summed E-state index contributed by atoms with van der Waals surface area (Å²) in [5, 5.41) is 0. The third kappa shape index (κ3) is 6.41. The molecule has 0 saturated heterocycles. The number of allylic oxidation sites excluding steroid dienone is 12. The van der Waals surface area contributed by atoms with E-state index in [0.29, 0.717) is 0 Å². The molecule has 0 aliphatic carbocycles. The van der Waals surface area contributed by atoms with E-state index in [2.05, 4.69) is 195 Å². The summed E-state index contributed by atoms with van der Waals surface area (Å²) < 4.78 is 2.03. The third-order valence-electron chi connectivity index (χ3n) is 10.7. The predicted molar refractivity (Wildman–Crippen MR) is 244 cm³/mol. The Morgan fingerprint density at radius 1 is 0.339 bits per heavy atom. The number of benzene rings is 4. The number of hydrogen-bond donors (Lipinski definition) is 0. The Kier molecular flexibility index (Phi) is 9.14. The highest BCUT2D eigenvalue weighted by Gasteiger charge is 2.29. The average Bonchev–Trinajstić information content (AvgIpc) is 3.99. The van der Waals surface area contributed by atoms with Gasteiger partial charge in [0, 0.05) is 31.2 Å². The summed E-state index contributed by atoms with van der Waals surface area (Å²) in [6.45, 7) is 13.0. The summed E-state index contributed by atoms with van der Waals surface area (Å²) in [4.78, 5) is 21.9. The van der Waals surface area contributed by atoms with E-state index in [9.17, 15) is 0 Å². The highest BCUT2D eigenvalue weighted by atomic mass is 79.9. The van der Waals surface area contributed by atoms with Crippen LogP contribution >= 0.6 is 31.9 Å². The molecule has 8 bridgehead atoms. The smallest absolute Gasteiger partial charge is 0.0738 e. The Morgan fingerprint density at radius 3 is 0.911 bits per heavy atom. The van der Waals surface area contributed by atoms with Crippen LogP contribution < -0.4 is 0 Å². The molecule has 6 heteroatoms. The lowest BCUT2D eigenvalue weighted by atomic mass is 9.90. The predicted octanol–water partition coefficient (Wildman–Crippen LogP) is 13.1. The standard InChI is InChI=1S/C50H38Br2N4/c1-27-23-29(3)45(30(4)24-27)49-41-19-15-37(53-41)47(33-7-11-35(51)12-8-33)39-17-21-43(55-39)50(46-31(5)25-28(2)26-32(46)6)44-22-18-40(56-44)48(38-16-20-42(49)54-38)34-9-13-36(52)14-10-34/h7-26H,1-6H3. The van der Waals surface area contributed by atoms with E-state index in [0.717, 1.165) is 99.1 Å². The maximum atomic E-state index is 5.47. The van der Waals surface area contributed by atoms with Crippen LogP contribution in [-0.4, -0.2) is 22.8 Å². The Balaban J connectivity index is 1.40. The first kappa shape index (κ1) is 36.1. The van der Waals surface area contributed by atoms with Gasteiger partial charge in [0.2, 0.25) is 0 Å². The minimum Gasteiger partial charge on any atom is -0.248 e. The molecule has 5 aliphatic rings. The van der Waals surface area contributed by atoms with E-state index < -0.39 is 0 Å². The lowest BCUT2D eigenvalue weighted by Crippen LogP contribution is -2.06. The molecule has 0 spiro atoms. The highest BCUT2D eigenvalue weighted by molar-refractivity contribution is 9.10. The number of fused-ring (bicyclic) bond motifs is 4. The van der Waals surface area contributed by atoms with E-state index >= 15 is 0 Å². The second-order valence-electron chi connectivity index (χ2n) is 14.9. The number of hydrogen-bond acceptors (Lipinski definition) is 4. The first-order valence-corrected chi connectivity index (χ1v) is 20.3. The van der Waals surface area contributed by atoms with Crippen molar-refractivity contribution < 1.29 is 0 Å². The Morgan fingerprint density at radius 2 is 0.607 bits per heavy atom. The minimum absolute atomic E-state index is 0.853. The summed E-state index contributed by atoms with van der Waals surface area (Å²) in [6, 6.07) is 25.8. The van der Waals surface area contributed by atoms with E-state index in [-0.39, 0.29) is 0 Å². The first-order chi connectivity index (χ1) is 27.0. The van der Waals surface area contributed by atoms with Crippen molar-refractivity contribution in [3.63, 3.8) is 0 Å². The van der Waals surface area contributed by atoms with Crippen molar-refractivity contribution in [1.82, 2.24) is 0 Å². The van der Waals surface area contributed by atoms with Crippen molar-refractivity contribution in [3.05, 3.63) is 209 Å². The molecule has 0 atom stereocenters. The molecular weight excluding hydrogens is 816 g/mol. The van der Waals surface area contributed by atoms with Gasteiger partial charge in [0.1, 0.15) is 0 Å². The van der Waals surface area contributed by atoms with Gasteiger partial charge in [-0.3, -0.25) is 0 Å². The van der Waals surface area contributed by atoms with E-state index in [1.807, 2.05) is 0 Å². The molecule has 0 amide bonds. The molecule has 4 aromatic carbocycles. The fraction of sp³-hybridized carbons (Fsp3) is 0.120. The van der Waals surface area contributed by atoms with Gasteiger partial charge in [-0.1, -0.05) is 91.5 Å². The Labute approximate surface area is 345 Å². The molecule has 0 fully saturated rings. The maximum absolute atomic E-state index is 5.47. The van der Waals surface area contributed by atoms with Gasteiger partial charge in [-0.15, -0.1) is 0 Å². The van der Waals surface area contributed by atoms with Crippen LogP contribution in [0.15, 0.2) is 173 Å². The Hall–Kier alpha value is -5.56. The van der Waals surface area contributed by atoms with Gasteiger partial charge in [0.15, 0.2) is 0 Å². The largest absolute Gasteiger partial charge is 0.248 e. The molecular formula is C50H38Br2N4. The van der Waals surface area contributed by atoms with Crippen LogP contribution in [0.2, 0.25) is 0 Å². The molecule has 0 saturated carbocycles. The topological polar surface area (TPSA) is 49.4 Å². The van der Waals surface area contributed by atoms with E-state index in [1.54, 1.807) is 0 Å². The van der Waals surface area contributed by atoms with Gasteiger partial charge < -0.3 is 0 Å². The van der Waals surface area contributed by atoms with Crippen molar-refractivity contribution >= 4 is 77.0 Å². The molecule has 5 aliphatic heterocycles. The van der Waals surface area contributed by atoms with Crippen LogP contribution in [0.4, 0.5) is 0 Å². The van der Waals surface area contributed by atoms with Crippen molar-refractivity contribution in [2.75, 3.05) is 0 Å². The summed E-state index contributed by atoms with van der Waals surface area (Å²) in [5.41, 5.74) is 22.4. The summed E-state index contributed by atoms with van der Waals surface area (Å²) >= 11 is 7.31. The number of halogens is 2. The molecule has 56 heavy (non-hydrogen) atoms. The van der Waals surface area contributed by atoms with Crippen molar-refractivity contribution in [3.8, 4) is 0 Å². The van der Waals surface area contributed by atoms with Crippen molar-refractivity contribution in [1.29, 1.82) is 0 Å². The monoisotopic (exact) mass is 852 g/mol. The van der Waals surface area contributed by atoms with Gasteiger partial charge in [-0.05, 0) is 159 Å². The van der Waals surface area contributed by atoms with Gasteiger partial charge in [-0.2, -0.15) is 0 Å². The van der Waals surface area contributed by atoms with Crippen LogP contribution in [0.5, 0.6) is 0 Å². The molecule has 4 nitrogen and oxygen atoms in total. The zero-order valence-electron chi connectivity index (χ0n) is 32.1. The quantitative estimate of drug-likeness (QED) is 0.196. The number of aliphatic imine (C=N–C) groups is 4. The zero-order valence-corrected chi connectivity index (χ0v) is 35.3. The summed E-state index contributed by atoms with van der Waals surface area (Å²) in [7, 11) is 0. The fourth-order valence-electron chi connectivity index (χ4n) is 8.57. The minimum atomic E-state index is 0.853.